The average molecular weight is 315 g/mol. The minimum atomic E-state index is -3.42. The van der Waals surface area contributed by atoms with Gasteiger partial charge in [0.15, 0.2) is 0 Å². The lowest BCUT2D eigenvalue weighted by Crippen LogP contribution is -2.49. The smallest absolute Gasteiger partial charge is 0.282 e. The summed E-state index contributed by atoms with van der Waals surface area (Å²) in [7, 11) is -3.42. The van der Waals surface area contributed by atoms with Crippen LogP contribution in [0.4, 0.5) is 0 Å². The van der Waals surface area contributed by atoms with E-state index in [1.165, 1.54) is 4.31 Å². The first-order valence-corrected chi connectivity index (χ1v) is 9.02. The van der Waals surface area contributed by atoms with Gasteiger partial charge < -0.3 is 5.32 Å². The Kier molecular flexibility index (Phi) is 7.59. The fraction of sp³-hybridized carbons (Fsp3) is 0.733. The van der Waals surface area contributed by atoms with Crippen molar-refractivity contribution in [3.8, 4) is 0 Å². The summed E-state index contributed by atoms with van der Waals surface area (Å²) in [6.07, 6.45) is 5.22. The molecule has 0 spiro atoms. The lowest BCUT2D eigenvalue weighted by molar-refractivity contribution is 0.243. The molecule has 21 heavy (non-hydrogen) atoms. The highest BCUT2D eigenvalue weighted by atomic mass is 32.2. The maximum absolute atomic E-state index is 12.7. The van der Waals surface area contributed by atoms with E-state index in [1.807, 2.05) is 0 Å². The molecule has 1 unspecified atom stereocenters. The largest absolute Gasteiger partial charge is 0.314 e. The Morgan fingerprint density at radius 1 is 1.33 bits per heavy atom. The third-order valence-corrected chi connectivity index (χ3v) is 5.55. The van der Waals surface area contributed by atoms with Crippen molar-refractivity contribution >= 4 is 10.2 Å². The zero-order valence-electron chi connectivity index (χ0n) is 13.3. The molecule has 0 aliphatic carbocycles. The second-order valence-electron chi connectivity index (χ2n) is 5.83. The summed E-state index contributed by atoms with van der Waals surface area (Å²) in [5, 5.41) is 3.40. The molecule has 1 saturated heterocycles. The van der Waals surface area contributed by atoms with Crippen LogP contribution in [0, 0.1) is 5.92 Å². The summed E-state index contributed by atoms with van der Waals surface area (Å²) in [5.74, 6) is 0.380. The molecule has 1 rings (SSSR count). The molecule has 5 nitrogen and oxygen atoms in total. The molecule has 1 aliphatic rings. The van der Waals surface area contributed by atoms with E-state index in [9.17, 15) is 8.42 Å². The summed E-state index contributed by atoms with van der Waals surface area (Å²) in [6.45, 7) is 14.2. The van der Waals surface area contributed by atoms with E-state index in [1.54, 1.807) is 16.5 Å². The van der Waals surface area contributed by atoms with Crippen LogP contribution in [0.1, 0.15) is 26.7 Å². The first-order valence-electron chi connectivity index (χ1n) is 7.62. The van der Waals surface area contributed by atoms with Gasteiger partial charge in [0.2, 0.25) is 0 Å². The van der Waals surface area contributed by atoms with Gasteiger partial charge in [0, 0.05) is 32.2 Å². The van der Waals surface area contributed by atoms with E-state index in [4.69, 9.17) is 0 Å². The Morgan fingerprint density at radius 2 is 1.95 bits per heavy atom. The second-order valence-corrected chi connectivity index (χ2v) is 7.76. The van der Waals surface area contributed by atoms with Crippen molar-refractivity contribution in [1.82, 2.24) is 13.9 Å². The van der Waals surface area contributed by atoms with Crippen molar-refractivity contribution in [2.24, 2.45) is 5.92 Å². The van der Waals surface area contributed by atoms with Gasteiger partial charge in [-0.3, -0.25) is 0 Å². The maximum atomic E-state index is 12.7. The van der Waals surface area contributed by atoms with Crippen molar-refractivity contribution in [3.63, 3.8) is 0 Å². The van der Waals surface area contributed by atoms with Gasteiger partial charge in [-0.05, 0) is 25.3 Å². The molecule has 6 heteroatoms. The Hall–Kier alpha value is -0.690. The van der Waals surface area contributed by atoms with E-state index >= 15 is 0 Å². The van der Waals surface area contributed by atoms with E-state index < -0.39 is 10.2 Å². The van der Waals surface area contributed by atoms with Gasteiger partial charge in [0.05, 0.1) is 0 Å². The van der Waals surface area contributed by atoms with Crippen molar-refractivity contribution in [2.45, 2.75) is 32.7 Å². The summed E-state index contributed by atoms with van der Waals surface area (Å²) in [6, 6.07) is 0.426. The van der Waals surface area contributed by atoms with Crippen LogP contribution >= 0.6 is 0 Å². The molecule has 0 aromatic heterocycles. The van der Waals surface area contributed by atoms with Crippen molar-refractivity contribution < 1.29 is 8.42 Å². The molecule has 1 atom stereocenters. The molecule has 0 saturated carbocycles. The number of hydrogen-bond donors (Lipinski definition) is 1. The first kappa shape index (κ1) is 18.4. The second kappa shape index (κ2) is 8.68. The van der Waals surface area contributed by atoms with E-state index in [2.05, 4.69) is 32.3 Å². The molecule has 1 aliphatic heterocycles. The van der Waals surface area contributed by atoms with Gasteiger partial charge in [0.1, 0.15) is 0 Å². The third kappa shape index (κ3) is 5.54. The molecule has 0 radical (unpaired) electrons. The van der Waals surface area contributed by atoms with Crippen LogP contribution in [0.3, 0.4) is 0 Å². The Morgan fingerprint density at radius 3 is 2.48 bits per heavy atom. The maximum Gasteiger partial charge on any atom is 0.282 e. The van der Waals surface area contributed by atoms with Crippen LogP contribution in [-0.2, 0) is 10.2 Å². The van der Waals surface area contributed by atoms with Crippen LogP contribution in [0.25, 0.3) is 0 Å². The molecule has 122 valence electrons. The lowest BCUT2D eigenvalue weighted by atomic mass is 9.99. The van der Waals surface area contributed by atoms with E-state index in [-0.39, 0.29) is 0 Å². The summed E-state index contributed by atoms with van der Waals surface area (Å²) in [4.78, 5) is 0. The number of hydrogen-bond acceptors (Lipinski definition) is 3. The van der Waals surface area contributed by atoms with Crippen LogP contribution < -0.4 is 5.32 Å². The number of rotatable bonds is 9. The van der Waals surface area contributed by atoms with Gasteiger partial charge in [-0.15, -0.1) is 13.2 Å². The third-order valence-electron chi connectivity index (χ3n) is 3.61. The molecule has 0 aromatic carbocycles. The van der Waals surface area contributed by atoms with Gasteiger partial charge >= 0.3 is 0 Å². The monoisotopic (exact) mass is 315 g/mol. The highest BCUT2D eigenvalue weighted by molar-refractivity contribution is 7.86. The Labute approximate surface area is 129 Å². The Balaban J connectivity index is 2.72. The number of nitrogens with zero attached hydrogens (tertiary/aromatic N) is 2. The van der Waals surface area contributed by atoms with Crippen LogP contribution in [-0.4, -0.2) is 55.8 Å². The topological polar surface area (TPSA) is 52.7 Å². The molecular weight excluding hydrogens is 286 g/mol. The fourth-order valence-electron chi connectivity index (χ4n) is 2.52. The first-order chi connectivity index (χ1) is 9.91. The molecule has 0 amide bonds. The van der Waals surface area contributed by atoms with E-state index in [0.717, 1.165) is 19.4 Å². The fourth-order valence-corrected chi connectivity index (χ4v) is 4.19. The predicted molar refractivity (Wildman–Crippen MR) is 88.3 cm³/mol. The van der Waals surface area contributed by atoms with Crippen molar-refractivity contribution in [3.05, 3.63) is 25.3 Å². The van der Waals surface area contributed by atoms with Crippen LogP contribution in [0.15, 0.2) is 25.3 Å². The van der Waals surface area contributed by atoms with Crippen molar-refractivity contribution in [2.75, 3.05) is 32.7 Å². The normalized spacial score (nSPS) is 20.9. The van der Waals surface area contributed by atoms with Gasteiger partial charge in [0.25, 0.3) is 10.2 Å². The minimum Gasteiger partial charge on any atom is -0.314 e. The zero-order valence-corrected chi connectivity index (χ0v) is 14.1. The highest BCUT2D eigenvalue weighted by Gasteiger charge is 2.32. The highest BCUT2D eigenvalue weighted by Crippen LogP contribution is 2.21. The average Bonchev–Trinajstić information content (AvgIpc) is 2.45. The Bertz CT molecular complexity index is 424. The van der Waals surface area contributed by atoms with Crippen LogP contribution in [0.5, 0.6) is 0 Å². The van der Waals surface area contributed by atoms with Gasteiger partial charge in [-0.2, -0.15) is 17.0 Å². The zero-order chi connectivity index (χ0) is 15.9. The molecule has 1 N–H and O–H groups in total. The van der Waals surface area contributed by atoms with E-state index in [0.29, 0.717) is 38.1 Å². The number of piperidine rings is 1. The SMILES string of the molecule is C=CCN(CC=C)S(=O)(=O)N1CCCC(CNC(C)C)C1. The molecular formula is C15H29N3O2S. The standard InChI is InChI=1S/C15H29N3O2S/c1-5-9-17(10-6-2)21(19,20)18-11-7-8-15(13-18)12-16-14(3)4/h5-6,14-16H,1-2,7-13H2,3-4H3. The molecule has 0 aromatic rings. The summed E-state index contributed by atoms with van der Waals surface area (Å²) >= 11 is 0. The lowest BCUT2D eigenvalue weighted by Gasteiger charge is -2.35. The quantitative estimate of drug-likeness (QED) is 0.658. The summed E-state index contributed by atoms with van der Waals surface area (Å²) in [5.41, 5.74) is 0. The van der Waals surface area contributed by atoms with Gasteiger partial charge in [-0.1, -0.05) is 26.0 Å². The molecule has 1 heterocycles. The number of nitrogens with one attached hydrogen (secondary N) is 1. The minimum absolute atomic E-state index is 0.319. The molecule has 0 bridgehead atoms. The summed E-state index contributed by atoms with van der Waals surface area (Å²) < 4.78 is 28.4. The van der Waals surface area contributed by atoms with Gasteiger partial charge in [-0.25, -0.2) is 0 Å². The van der Waals surface area contributed by atoms with Crippen molar-refractivity contribution in [1.29, 1.82) is 0 Å². The molecule has 1 fully saturated rings. The van der Waals surface area contributed by atoms with Crippen LogP contribution in [0.2, 0.25) is 0 Å². The predicted octanol–water partition coefficient (Wildman–Crippen LogP) is 1.62.